The second-order valence-corrected chi connectivity index (χ2v) is 9.41. The third kappa shape index (κ3) is 6.39. The Morgan fingerprint density at radius 2 is 1.44 bits per heavy atom. The second-order valence-electron chi connectivity index (χ2n) is 7.69. The zero-order chi connectivity index (χ0) is 24.7. The van der Waals surface area contributed by atoms with Crippen LogP contribution < -0.4 is 19.1 Å². The van der Waals surface area contributed by atoms with Crippen molar-refractivity contribution in [1.29, 1.82) is 0 Å². The first-order valence-electron chi connectivity index (χ1n) is 10.7. The van der Waals surface area contributed by atoms with Crippen molar-refractivity contribution >= 4 is 27.6 Å². The van der Waals surface area contributed by atoms with Crippen molar-refractivity contribution in [2.75, 3.05) is 51.9 Å². The maximum atomic E-state index is 12.5. The first-order chi connectivity index (χ1) is 16.2. The van der Waals surface area contributed by atoms with E-state index in [1.807, 2.05) is 24.3 Å². The summed E-state index contributed by atoms with van der Waals surface area (Å²) in [6.07, 6.45) is 0. The van der Waals surface area contributed by atoms with Gasteiger partial charge in [-0.2, -0.15) is 4.72 Å². The van der Waals surface area contributed by atoms with Crippen molar-refractivity contribution in [2.24, 2.45) is 0 Å². The molecule has 2 aromatic rings. The molecule has 0 saturated carbocycles. The molecule has 0 bridgehead atoms. The Kier molecular flexibility index (Phi) is 8.35. The van der Waals surface area contributed by atoms with Gasteiger partial charge < -0.3 is 24.0 Å². The highest BCUT2D eigenvalue weighted by Crippen LogP contribution is 2.20. The highest BCUT2D eigenvalue weighted by molar-refractivity contribution is 7.89. The number of piperazine rings is 1. The third-order valence-corrected chi connectivity index (χ3v) is 7.02. The van der Waals surface area contributed by atoms with Crippen LogP contribution in [0.4, 0.5) is 5.69 Å². The number of ether oxygens (including phenoxy) is 3. The molecule has 2 aromatic carbocycles. The molecule has 34 heavy (non-hydrogen) atoms. The molecule has 1 heterocycles. The molecule has 1 aliphatic rings. The van der Waals surface area contributed by atoms with E-state index in [-0.39, 0.29) is 10.8 Å². The van der Waals surface area contributed by atoms with Gasteiger partial charge in [-0.3, -0.25) is 9.59 Å². The topological polar surface area (TPSA) is 114 Å². The van der Waals surface area contributed by atoms with Gasteiger partial charge in [0.2, 0.25) is 10.0 Å². The van der Waals surface area contributed by atoms with E-state index >= 15 is 0 Å². The van der Waals surface area contributed by atoms with E-state index < -0.39 is 28.6 Å². The van der Waals surface area contributed by atoms with Crippen molar-refractivity contribution in [3.63, 3.8) is 0 Å². The summed E-state index contributed by atoms with van der Waals surface area (Å²) in [7, 11) is -0.853. The molecule has 0 unspecified atom stereocenters. The lowest BCUT2D eigenvalue weighted by molar-refractivity contribution is -0.153. The summed E-state index contributed by atoms with van der Waals surface area (Å²) in [4.78, 5) is 28.5. The van der Waals surface area contributed by atoms with E-state index in [1.165, 1.54) is 38.3 Å². The Morgan fingerprint density at radius 3 is 1.97 bits per heavy atom. The fraction of sp³-hybridized carbons (Fsp3) is 0.391. The van der Waals surface area contributed by atoms with E-state index in [4.69, 9.17) is 14.2 Å². The molecule has 1 amide bonds. The quantitative estimate of drug-likeness (QED) is 0.522. The van der Waals surface area contributed by atoms with Crippen LogP contribution in [0.1, 0.15) is 6.92 Å². The minimum atomic E-state index is -3.94. The van der Waals surface area contributed by atoms with Gasteiger partial charge in [-0.1, -0.05) is 0 Å². The lowest BCUT2D eigenvalue weighted by Crippen LogP contribution is -2.50. The van der Waals surface area contributed by atoms with Crippen LogP contribution in [0.15, 0.2) is 53.4 Å². The summed E-state index contributed by atoms with van der Waals surface area (Å²) >= 11 is 0. The van der Waals surface area contributed by atoms with Crippen molar-refractivity contribution < 1.29 is 32.2 Å². The monoisotopic (exact) mass is 491 g/mol. The number of amides is 1. The molecule has 1 aliphatic heterocycles. The van der Waals surface area contributed by atoms with Crippen molar-refractivity contribution in [3.8, 4) is 11.5 Å². The average molecular weight is 492 g/mol. The van der Waals surface area contributed by atoms with Gasteiger partial charge in [-0.15, -0.1) is 0 Å². The summed E-state index contributed by atoms with van der Waals surface area (Å²) in [6, 6.07) is 12.3. The summed E-state index contributed by atoms with van der Waals surface area (Å²) in [6.45, 7) is 3.18. The molecular formula is C23H29N3O7S. The average Bonchev–Trinajstić information content (AvgIpc) is 2.87. The molecule has 10 nitrogen and oxygen atoms in total. The highest BCUT2D eigenvalue weighted by atomic mass is 32.2. The predicted molar refractivity (Wildman–Crippen MR) is 126 cm³/mol. The van der Waals surface area contributed by atoms with Gasteiger partial charge in [0.1, 0.15) is 17.5 Å². The first kappa shape index (κ1) is 25.3. The van der Waals surface area contributed by atoms with E-state index in [0.29, 0.717) is 31.9 Å². The van der Waals surface area contributed by atoms with Gasteiger partial charge in [-0.25, -0.2) is 8.42 Å². The summed E-state index contributed by atoms with van der Waals surface area (Å²) in [5, 5.41) is 0. The van der Waals surface area contributed by atoms with E-state index in [2.05, 4.69) is 9.62 Å². The molecule has 1 fully saturated rings. The van der Waals surface area contributed by atoms with Crippen LogP contribution in [-0.2, 0) is 24.3 Å². The van der Waals surface area contributed by atoms with Crippen LogP contribution in [-0.4, -0.2) is 78.2 Å². The Morgan fingerprint density at radius 1 is 0.912 bits per heavy atom. The maximum absolute atomic E-state index is 12.5. The number of sulfonamides is 1. The molecule has 184 valence electrons. The standard InChI is InChI=1S/C23H29N3O7S/c1-17(24-34(29,30)21-10-8-20(32-3)9-11-21)23(28)33-16-22(27)26-14-12-25(13-15-26)18-4-6-19(31-2)7-5-18/h4-11,17,24H,12-16H2,1-3H3/t17-/m0/s1. The number of nitrogens with one attached hydrogen (secondary N) is 1. The van der Waals surface area contributed by atoms with Crippen LogP contribution in [0, 0.1) is 0 Å². The molecule has 1 N–H and O–H groups in total. The maximum Gasteiger partial charge on any atom is 0.324 e. The Bertz CT molecular complexity index is 1080. The Hall–Kier alpha value is -3.31. The van der Waals surface area contributed by atoms with E-state index in [0.717, 1.165) is 11.4 Å². The van der Waals surface area contributed by atoms with Gasteiger partial charge in [-0.05, 0) is 55.5 Å². The van der Waals surface area contributed by atoms with Gasteiger partial charge in [0.25, 0.3) is 5.91 Å². The minimum Gasteiger partial charge on any atom is -0.497 e. The summed E-state index contributed by atoms with van der Waals surface area (Å²) < 4.78 is 42.4. The van der Waals surface area contributed by atoms with E-state index in [1.54, 1.807) is 12.0 Å². The molecular weight excluding hydrogens is 462 g/mol. The first-order valence-corrected chi connectivity index (χ1v) is 12.2. The van der Waals surface area contributed by atoms with Gasteiger partial charge in [0.15, 0.2) is 6.61 Å². The zero-order valence-electron chi connectivity index (χ0n) is 19.4. The number of nitrogens with zero attached hydrogens (tertiary/aromatic N) is 2. The van der Waals surface area contributed by atoms with Crippen molar-refractivity contribution in [2.45, 2.75) is 17.9 Å². The van der Waals surface area contributed by atoms with Gasteiger partial charge in [0, 0.05) is 31.9 Å². The molecule has 3 rings (SSSR count). The smallest absolute Gasteiger partial charge is 0.324 e. The number of rotatable bonds is 9. The number of anilines is 1. The molecule has 1 atom stereocenters. The fourth-order valence-electron chi connectivity index (χ4n) is 3.46. The predicted octanol–water partition coefficient (Wildman–Crippen LogP) is 1.26. The van der Waals surface area contributed by atoms with Crippen LogP contribution >= 0.6 is 0 Å². The molecule has 0 radical (unpaired) electrons. The number of esters is 1. The summed E-state index contributed by atoms with van der Waals surface area (Å²) in [5.41, 5.74) is 1.04. The highest BCUT2D eigenvalue weighted by Gasteiger charge is 2.26. The molecule has 11 heteroatoms. The largest absolute Gasteiger partial charge is 0.497 e. The lowest BCUT2D eigenvalue weighted by Gasteiger charge is -2.36. The summed E-state index contributed by atoms with van der Waals surface area (Å²) in [5.74, 6) is 0.130. The third-order valence-electron chi connectivity index (χ3n) is 5.46. The van der Waals surface area contributed by atoms with Crippen LogP contribution in [0.25, 0.3) is 0 Å². The number of carbonyl (C=O) groups excluding carboxylic acids is 2. The van der Waals surface area contributed by atoms with Crippen LogP contribution in [0.5, 0.6) is 11.5 Å². The number of methoxy groups -OCH3 is 2. The molecule has 0 aliphatic carbocycles. The van der Waals surface area contributed by atoms with Gasteiger partial charge in [0.05, 0.1) is 19.1 Å². The lowest BCUT2D eigenvalue weighted by atomic mass is 10.2. The van der Waals surface area contributed by atoms with Crippen molar-refractivity contribution in [1.82, 2.24) is 9.62 Å². The van der Waals surface area contributed by atoms with Gasteiger partial charge >= 0.3 is 5.97 Å². The fourth-order valence-corrected chi connectivity index (χ4v) is 4.65. The minimum absolute atomic E-state index is 0.0150. The normalized spacial score (nSPS) is 14.9. The van der Waals surface area contributed by atoms with Crippen molar-refractivity contribution in [3.05, 3.63) is 48.5 Å². The Balaban J connectivity index is 1.45. The number of benzene rings is 2. The molecule has 0 aromatic heterocycles. The SMILES string of the molecule is COc1ccc(N2CCN(C(=O)COC(=O)[C@H](C)NS(=O)(=O)c3ccc(OC)cc3)CC2)cc1. The number of hydrogen-bond acceptors (Lipinski definition) is 8. The zero-order valence-corrected chi connectivity index (χ0v) is 20.2. The molecule has 0 spiro atoms. The number of carbonyl (C=O) groups is 2. The second kappa shape index (κ2) is 11.2. The van der Waals surface area contributed by atoms with Crippen LogP contribution in [0.2, 0.25) is 0 Å². The Labute approximate surface area is 199 Å². The molecule has 1 saturated heterocycles. The van der Waals surface area contributed by atoms with Crippen LogP contribution in [0.3, 0.4) is 0 Å². The van der Waals surface area contributed by atoms with E-state index in [9.17, 15) is 18.0 Å². The number of hydrogen-bond donors (Lipinski definition) is 1.